The van der Waals surface area contributed by atoms with Gasteiger partial charge in [-0.25, -0.2) is 0 Å². The number of hydrogen-bond acceptors (Lipinski definition) is 2. The molecular formula is C16H24N2O. The number of aryl methyl sites for hydroxylation is 1. The van der Waals surface area contributed by atoms with E-state index in [1.807, 2.05) is 0 Å². The van der Waals surface area contributed by atoms with Gasteiger partial charge in [0.2, 0.25) is 5.91 Å². The molecule has 2 unspecified atom stereocenters. The van der Waals surface area contributed by atoms with Crippen molar-refractivity contribution in [3.8, 4) is 0 Å². The van der Waals surface area contributed by atoms with Crippen molar-refractivity contribution in [1.29, 1.82) is 0 Å². The number of carbonyl (C=O) groups is 1. The third-order valence-corrected chi connectivity index (χ3v) is 3.95. The van der Waals surface area contributed by atoms with Crippen LogP contribution < -0.4 is 11.1 Å². The fourth-order valence-electron chi connectivity index (χ4n) is 2.81. The highest BCUT2D eigenvalue weighted by Gasteiger charge is 2.27. The lowest BCUT2D eigenvalue weighted by Crippen LogP contribution is -2.44. The molecule has 2 rings (SSSR count). The molecule has 3 nitrogen and oxygen atoms in total. The molecule has 0 heterocycles. The second kappa shape index (κ2) is 6.71. The van der Waals surface area contributed by atoms with E-state index in [4.69, 9.17) is 5.73 Å². The topological polar surface area (TPSA) is 55.1 Å². The van der Waals surface area contributed by atoms with Gasteiger partial charge in [0.05, 0.1) is 5.92 Å². The molecule has 0 bridgehead atoms. The Balaban J connectivity index is 1.77. The predicted molar refractivity (Wildman–Crippen MR) is 77.8 cm³/mol. The first-order valence-corrected chi connectivity index (χ1v) is 7.25. The third kappa shape index (κ3) is 4.06. The average Bonchev–Trinajstić information content (AvgIpc) is 2.39. The highest BCUT2D eigenvalue weighted by molar-refractivity contribution is 5.79. The van der Waals surface area contributed by atoms with Crippen LogP contribution in [0.2, 0.25) is 0 Å². The van der Waals surface area contributed by atoms with Gasteiger partial charge in [0, 0.05) is 12.6 Å². The largest absolute Gasteiger partial charge is 0.355 e. The van der Waals surface area contributed by atoms with Crippen molar-refractivity contribution in [2.75, 3.05) is 6.54 Å². The lowest BCUT2D eigenvalue weighted by molar-refractivity contribution is -0.126. The number of rotatable bonds is 4. The molecule has 1 fully saturated rings. The summed E-state index contributed by atoms with van der Waals surface area (Å²) in [5.74, 6) is 0.158. The summed E-state index contributed by atoms with van der Waals surface area (Å²) >= 11 is 0. The van der Waals surface area contributed by atoms with Crippen LogP contribution in [0, 0.1) is 12.8 Å². The molecule has 19 heavy (non-hydrogen) atoms. The van der Waals surface area contributed by atoms with E-state index in [0.29, 0.717) is 6.54 Å². The molecular weight excluding hydrogens is 236 g/mol. The summed E-state index contributed by atoms with van der Waals surface area (Å²) in [7, 11) is 0. The molecule has 1 saturated carbocycles. The van der Waals surface area contributed by atoms with E-state index >= 15 is 0 Å². The number of benzene rings is 1. The molecule has 0 saturated heterocycles. The van der Waals surface area contributed by atoms with E-state index in [2.05, 4.69) is 36.5 Å². The monoisotopic (exact) mass is 260 g/mol. The van der Waals surface area contributed by atoms with Gasteiger partial charge >= 0.3 is 0 Å². The first kappa shape index (κ1) is 14.1. The van der Waals surface area contributed by atoms with Gasteiger partial charge in [0.1, 0.15) is 0 Å². The summed E-state index contributed by atoms with van der Waals surface area (Å²) in [4.78, 5) is 12.1. The summed E-state index contributed by atoms with van der Waals surface area (Å²) in [5.41, 5.74) is 8.56. The molecule has 0 aromatic heterocycles. The number of nitrogens with one attached hydrogen (secondary N) is 1. The summed E-state index contributed by atoms with van der Waals surface area (Å²) in [6.07, 6.45) is 5.10. The second-order valence-corrected chi connectivity index (χ2v) is 5.58. The van der Waals surface area contributed by atoms with Crippen molar-refractivity contribution in [3.05, 3.63) is 35.4 Å². The highest BCUT2D eigenvalue weighted by atomic mass is 16.1. The van der Waals surface area contributed by atoms with Gasteiger partial charge in [-0.1, -0.05) is 42.7 Å². The Hall–Kier alpha value is -1.35. The Kier molecular flexibility index (Phi) is 4.97. The van der Waals surface area contributed by atoms with Crippen LogP contribution in [0.1, 0.15) is 36.8 Å². The summed E-state index contributed by atoms with van der Waals surface area (Å²) in [6.45, 7) is 2.79. The van der Waals surface area contributed by atoms with Crippen LogP contribution in [0.25, 0.3) is 0 Å². The van der Waals surface area contributed by atoms with E-state index in [0.717, 1.165) is 32.1 Å². The number of hydrogen-bond donors (Lipinski definition) is 2. The number of amides is 1. The minimum absolute atomic E-state index is 0.0197. The van der Waals surface area contributed by atoms with E-state index in [1.54, 1.807) is 0 Å². The Labute approximate surface area is 115 Å². The Morgan fingerprint density at radius 3 is 2.89 bits per heavy atom. The lowest BCUT2D eigenvalue weighted by atomic mass is 9.84. The molecule has 104 valence electrons. The van der Waals surface area contributed by atoms with E-state index in [-0.39, 0.29) is 17.9 Å². The van der Waals surface area contributed by atoms with Crippen LogP contribution in [0.5, 0.6) is 0 Å². The third-order valence-electron chi connectivity index (χ3n) is 3.95. The molecule has 0 aliphatic heterocycles. The van der Waals surface area contributed by atoms with Gasteiger partial charge in [-0.2, -0.15) is 0 Å². The number of nitrogens with two attached hydrogens (primary N) is 1. The SMILES string of the molecule is Cc1cccc(CCNC(=O)C2CCCCC2N)c1. The first-order valence-electron chi connectivity index (χ1n) is 7.25. The van der Waals surface area contributed by atoms with Gasteiger partial charge in [-0.15, -0.1) is 0 Å². The van der Waals surface area contributed by atoms with Crippen LogP contribution in [0.3, 0.4) is 0 Å². The van der Waals surface area contributed by atoms with Crippen LogP contribution >= 0.6 is 0 Å². The first-order chi connectivity index (χ1) is 9.16. The maximum Gasteiger partial charge on any atom is 0.224 e. The van der Waals surface area contributed by atoms with Gasteiger partial charge in [0.15, 0.2) is 0 Å². The smallest absolute Gasteiger partial charge is 0.224 e. The Morgan fingerprint density at radius 1 is 1.37 bits per heavy atom. The molecule has 2 atom stereocenters. The zero-order valence-corrected chi connectivity index (χ0v) is 11.7. The zero-order valence-electron chi connectivity index (χ0n) is 11.7. The number of carbonyl (C=O) groups excluding carboxylic acids is 1. The standard InChI is InChI=1S/C16H24N2O/c1-12-5-4-6-13(11-12)9-10-18-16(19)14-7-2-3-8-15(14)17/h4-6,11,14-15H,2-3,7-10,17H2,1H3,(H,18,19). The van der Waals surface area contributed by atoms with Crippen molar-refractivity contribution in [1.82, 2.24) is 5.32 Å². The van der Waals surface area contributed by atoms with Crippen LogP contribution in [0.15, 0.2) is 24.3 Å². The molecule has 1 amide bonds. The van der Waals surface area contributed by atoms with Crippen LogP contribution in [0.4, 0.5) is 0 Å². The highest BCUT2D eigenvalue weighted by Crippen LogP contribution is 2.22. The fourth-order valence-corrected chi connectivity index (χ4v) is 2.81. The molecule has 0 radical (unpaired) electrons. The molecule has 1 aliphatic carbocycles. The normalized spacial score (nSPS) is 23.1. The summed E-state index contributed by atoms with van der Waals surface area (Å²) < 4.78 is 0. The fraction of sp³-hybridized carbons (Fsp3) is 0.562. The maximum atomic E-state index is 12.1. The maximum absolute atomic E-state index is 12.1. The van der Waals surface area contributed by atoms with E-state index < -0.39 is 0 Å². The molecule has 3 N–H and O–H groups in total. The second-order valence-electron chi connectivity index (χ2n) is 5.58. The molecule has 1 aromatic rings. The van der Waals surface area contributed by atoms with E-state index in [9.17, 15) is 4.79 Å². The molecule has 3 heteroatoms. The lowest BCUT2D eigenvalue weighted by Gasteiger charge is -2.27. The molecule has 1 aromatic carbocycles. The minimum atomic E-state index is 0.0197. The van der Waals surface area contributed by atoms with Crippen molar-refractivity contribution in [3.63, 3.8) is 0 Å². The molecule has 1 aliphatic rings. The van der Waals surface area contributed by atoms with Gasteiger partial charge in [0.25, 0.3) is 0 Å². The van der Waals surface area contributed by atoms with Crippen molar-refractivity contribution in [2.45, 2.75) is 45.1 Å². The van der Waals surface area contributed by atoms with Crippen LogP contribution in [-0.4, -0.2) is 18.5 Å². The minimum Gasteiger partial charge on any atom is -0.355 e. The van der Waals surface area contributed by atoms with E-state index in [1.165, 1.54) is 11.1 Å². The quantitative estimate of drug-likeness (QED) is 0.871. The summed E-state index contributed by atoms with van der Waals surface area (Å²) in [5, 5.41) is 3.03. The predicted octanol–water partition coefficient (Wildman–Crippen LogP) is 2.17. The average molecular weight is 260 g/mol. The van der Waals surface area contributed by atoms with Crippen LogP contribution in [-0.2, 0) is 11.2 Å². The van der Waals surface area contributed by atoms with Gasteiger partial charge in [-0.05, 0) is 31.7 Å². The van der Waals surface area contributed by atoms with Crippen molar-refractivity contribution in [2.24, 2.45) is 11.7 Å². The summed E-state index contributed by atoms with van der Waals surface area (Å²) in [6, 6.07) is 8.46. The van der Waals surface area contributed by atoms with Gasteiger partial charge < -0.3 is 11.1 Å². The molecule has 0 spiro atoms. The van der Waals surface area contributed by atoms with Crippen molar-refractivity contribution < 1.29 is 4.79 Å². The Morgan fingerprint density at radius 2 is 2.16 bits per heavy atom. The van der Waals surface area contributed by atoms with Crippen molar-refractivity contribution >= 4 is 5.91 Å². The zero-order chi connectivity index (χ0) is 13.7. The van der Waals surface area contributed by atoms with Gasteiger partial charge in [-0.3, -0.25) is 4.79 Å². The Bertz CT molecular complexity index is 431.